The average molecular weight is 471 g/mol. The van der Waals surface area contributed by atoms with Crippen molar-refractivity contribution in [2.75, 3.05) is 31.3 Å². The number of benzene rings is 3. The molecule has 0 aliphatic carbocycles. The highest BCUT2D eigenvalue weighted by Crippen LogP contribution is 2.37. The van der Waals surface area contributed by atoms with E-state index in [-0.39, 0.29) is 5.82 Å². The van der Waals surface area contributed by atoms with Crippen LogP contribution in [0.2, 0.25) is 0 Å². The summed E-state index contributed by atoms with van der Waals surface area (Å²) in [5, 5.41) is 8.37. The van der Waals surface area contributed by atoms with Gasteiger partial charge in [0.25, 0.3) is 0 Å². The van der Waals surface area contributed by atoms with Gasteiger partial charge in [0.2, 0.25) is 5.95 Å². The van der Waals surface area contributed by atoms with Crippen LogP contribution in [-0.4, -0.2) is 40.0 Å². The summed E-state index contributed by atoms with van der Waals surface area (Å²) in [5.74, 6) is 1.79. The third kappa shape index (κ3) is 4.56. The minimum absolute atomic E-state index is 0.339. The predicted octanol–water partition coefficient (Wildman–Crippen LogP) is 4.70. The number of hydrogen-bond donors (Lipinski definition) is 2. The van der Waals surface area contributed by atoms with E-state index in [0.717, 1.165) is 11.3 Å². The van der Waals surface area contributed by atoms with Crippen LogP contribution in [0, 0.1) is 5.82 Å². The predicted molar refractivity (Wildman–Crippen MR) is 133 cm³/mol. The molecule has 0 spiro atoms. The van der Waals surface area contributed by atoms with Gasteiger partial charge >= 0.3 is 0 Å². The maximum absolute atomic E-state index is 13.5. The van der Waals surface area contributed by atoms with Gasteiger partial charge in [0.05, 0.1) is 30.4 Å². The Balaban J connectivity index is 1.54. The van der Waals surface area contributed by atoms with Crippen LogP contribution in [0.5, 0.6) is 11.5 Å². The summed E-state index contributed by atoms with van der Waals surface area (Å²) in [6.07, 6.45) is 0. The monoisotopic (exact) mass is 470 g/mol. The molecule has 0 radical (unpaired) electrons. The molecular formula is C26H23FN6O2. The Hall–Kier alpha value is -4.66. The Kier molecular flexibility index (Phi) is 6.13. The normalized spacial score (nSPS) is 10.9. The fourth-order valence-corrected chi connectivity index (χ4v) is 3.75. The lowest BCUT2D eigenvalue weighted by Crippen LogP contribution is -2.13. The molecule has 2 heterocycles. The molecule has 0 aliphatic rings. The van der Waals surface area contributed by atoms with Gasteiger partial charge in [-0.3, -0.25) is 0 Å². The third-order valence-electron chi connectivity index (χ3n) is 5.40. The molecule has 0 atom stereocenters. The van der Waals surface area contributed by atoms with E-state index in [1.807, 2.05) is 54.6 Å². The van der Waals surface area contributed by atoms with Crippen LogP contribution < -0.4 is 20.5 Å². The molecule has 3 aromatic carbocycles. The molecule has 0 amide bonds. The van der Waals surface area contributed by atoms with Gasteiger partial charge in [-0.2, -0.15) is 4.98 Å². The van der Waals surface area contributed by atoms with Crippen LogP contribution in [0.3, 0.4) is 0 Å². The van der Waals surface area contributed by atoms with E-state index in [1.54, 1.807) is 19.2 Å². The summed E-state index contributed by atoms with van der Waals surface area (Å²) in [7, 11) is 1.60. The molecule has 0 fully saturated rings. The second kappa shape index (κ2) is 9.68. The summed E-state index contributed by atoms with van der Waals surface area (Å²) in [6.45, 7) is 0.890. The topological polar surface area (TPSA) is 100 Å². The van der Waals surface area contributed by atoms with Crippen molar-refractivity contribution in [1.82, 2.24) is 19.7 Å². The zero-order valence-electron chi connectivity index (χ0n) is 19.0. The van der Waals surface area contributed by atoms with Crippen molar-refractivity contribution in [3.05, 3.63) is 84.7 Å². The molecule has 0 unspecified atom stereocenters. The Morgan fingerprint density at radius 2 is 1.69 bits per heavy atom. The smallest absolute Gasteiger partial charge is 0.225 e. The van der Waals surface area contributed by atoms with Gasteiger partial charge in [0.1, 0.15) is 29.7 Å². The van der Waals surface area contributed by atoms with Crippen LogP contribution in [0.1, 0.15) is 0 Å². The van der Waals surface area contributed by atoms with Gasteiger partial charge in [-0.1, -0.05) is 30.3 Å². The summed E-state index contributed by atoms with van der Waals surface area (Å²) in [6, 6.07) is 23.0. The van der Waals surface area contributed by atoms with E-state index in [2.05, 4.69) is 15.4 Å². The van der Waals surface area contributed by atoms with Crippen LogP contribution >= 0.6 is 0 Å². The number of rotatable bonds is 8. The van der Waals surface area contributed by atoms with Crippen LogP contribution in [-0.2, 0) is 0 Å². The zero-order valence-corrected chi connectivity index (χ0v) is 19.0. The van der Waals surface area contributed by atoms with Crippen molar-refractivity contribution in [2.45, 2.75) is 0 Å². The number of halogens is 1. The lowest BCUT2D eigenvalue weighted by molar-refractivity contribution is 0.332. The zero-order chi connectivity index (χ0) is 24.2. The van der Waals surface area contributed by atoms with Crippen molar-refractivity contribution in [3.63, 3.8) is 0 Å². The number of nitrogens with two attached hydrogens (primary N) is 1. The molecule has 2 aromatic heterocycles. The van der Waals surface area contributed by atoms with Gasteiger partial charge < -0.3 is 20.5 Å². The molecule has 0 saturated carbocycles. The summed E-state index contributed by atoms with van der Waals surface area (Å²) < 4.78 is 26.3. The largest absolute Gasteiger partial charge is 0.496 e. The molecule has 35 heavy (non-hydrogen) atoms. The Morgan fingerprint density at radius 3 is 2.46 bits per heavy atom. The molecule has 0 bridgehead atoms. The number of anilines is 2. The Labute approximate surface area is 201 Å². The van der Waals surface area contributed by atoms with Crippen molar-refractivity contribution in [1.29, 1.82) is 0 Å². The lowest BCUT2D eigenvalue weighted by Gasteiger charge is -2.12. The summed E-state index contributed by atoms with van der Waals surface area (Å²) in [4.78, 5) is 9.34. The maximum Gasteiger partial charge on any atom is 0.225 e. The first-order chi connectivity index (χ1) is 17.1. The van der Waals surface area contributed by atoms with Gasteiger partial charge in [-0.25, -0.2) is 14.1 Å². The first kappa shape index (κ1) is 22.1. The number of fused-ring (bicyclic) bond motifs is 1. The number of nitrogens with one attached hydrogen (secondary N) is 1. The third-order valence-corrected chi connectivity index (χ3v) is 5.40. The number of para-hydroxylation sites is 2. The van der Waals surface area contributed by atoms with E-state index in [9.17, 15) is 4.39 Å². The highest BCUT2D eigenvalue weighted by atomic mass is 19.1. The highest BCUT2D eigenvalue weighted by Gasteiger charge is 2.21. The fourth-order valence-electron chi connectivity index (χ4n) is 3.75. The van der Waals surface area contributed by atoms with Gasteiger partial charge in [-0.15, -0.1) is 5.10 Å². The standard InChI is InChI=1S/C26H23FN6O2/c1-34-21-10-6-5-9-20(21)23-22-24(28)33(18-13-11-17(27)12-14-18)32-25(22)31-26(30-23)29-15-16-35-19-7-3-2-4-8-19/h2-14H,15-16,28H2,1H3,(H,29,31,32). The number of ether oxygens (including phenoxy) is 2. The van der Waals surface area contributed by atoms with E-state index in [4.69, 9.17) is 20.2 Å². The Bertz CT molecular complexity index is 1450. The molecule has 5 rings (SSSR count). The van der Waals surface area contributed by atoms with Crippen molar-refractivity contribution in [3.8, 4) is 28.4 Å². The van der Waals surface area contributed by atoms with E-state index in [1.165, 1.54) is 16.8 Å². The van der Waals surface area contributed by atoms with Gasteiger partial charge in [0.15, 0.2) is 5.65 Å². The summed E-state index contributed by atoms with van der Waals surface area (Å²) >= 11 is 0. The number of nitrogens with zero attached hydrogens (tertiary/aromatic N) is 4. The molecule has 9 heteroatoms. The second-order valence-electron chi connectivity index (χ2n) is 7.66. The summed E-state index contributed by atoms with van der Waals surface area (Å²) in [5.41, 5.74) is 8.85. The van der Waals surface area contributed by atoms with Crippen molar-refractivity contribution < 1.29 is 13.9 Å². The number of nitrogen functional groups attached to an aromatic ring is 1. The second-order valence-corrected chi connectivity index (χ2v) is 7.66. The molecule has 0 aliphatic heterocycles. The molecule has 5 aromatic rings. The number of aromatic nitrogens is 4. The van der Waals surface area contributed by atoms with E-state index >= 15 is 0 Å². The fraction of sp³-hybridized carbons (Fsp3) is 0.115. The van der Waals surface area contributed by atoms with Crippen molar-refractivity contribution >= 4 is 22.8 Å². The van der Waals surface area contributed by atoms with Crippen LogP contribution in [0.4, 0.5) is 16.2 Å². The van der Waals surface area contributed by atoms with Crippen molar-refractivity contribution in [2.24, 2.45) is 0 Å². The minimum atomic E-state index is -0.345. The lowest BCUT2D eigenvalue weighted by atomic mass is 10.1. The van der Waals surface area contributed by atoms with Gasteiger partial charge in [-0.05, 0) is 48.5 Å². The first-order valence-electron chi connectivity index (χ1n) is 11.0. The Morgan fingerprint density at radius 1 is 0.943 bits per heavy atom. The van der Waals surface area contributed by atoms with Crippen LogP contribution in [0.15, 0.2) is 78.9 Å². The van der Waals surface area contributed by atoms with E-state index in [0.29, 0.717) is 53.1 Å². The van der Waals surface area contributed by atoms with Gasteiger partial charge in [0, 0.05) is 5.56 Å². The SMILES string of the molecule is COc1ccccc1-c1nc(NCCOc2ccccc2)nc2nn(-c3ccc(F)cc3)c(N)c12. The molecule has 8 nitrogen and oxygen atoms in total. The highest BCUT2D eigenvalue weighted by molar-refractivity contribution is 6.00. The first-order valence-corrected chi connectivity index (χ1v) is 11.0. The van der Waals surface area contributed by atoms with Crippen LogP contribution in [0.25, 0.3) is 28.0 Å². The minimum Gasteiger partial charge on any atom is -0.496 e. The molecule has 0 saturated heterocycles. The molecule has 3 N–H and O–H groups in total. The molecule has 176 valence electrons. The quantitative estimate of drug-likeness (QED) is 0.317. The number of methoxy groups -OCH3 is 1. The van der Waals surface area contributed by atoms with E-state index < -0.39 is 0 Å². The number of hydrogen-bond acceptors (Lipinski definition) is 7. The average Bonchev–Trinajstić information content (AvgIpc) is 3.23. The maximum atomic E-state index is 13.5. The molecular weight excluding hydrogens is 447 g/mol.